The monoisotopic (exact) mass is 365 g/mol. The predicted octanol–water partition coefficient (Wildman–Crippen LogP) is 0.646. The van der Waals surface area contributed by atoms with E-state index in [2.05, 4.69) is 5.32 Å². The third kappa shape index (κ3) is 4.78. The molecule has 1 aromatic carbocycles. The van der Waals surface area contributed by atoms with Crippen molar-refractivity contribution in [2.75, 3.05) is 46.9 Å². The van der Waals surface area contributed by atoms with Gasteiger partial charge in [-0.2, -0.15) is 0 Å². The third-order valence-electron chi connectivity index (χ3n) is 4.10. The van der Waals surface area contributed by atoms with Crippen molar-refractivity contribution >= 4 is 17.9 Å². The molecule has 3 amide bonds. The van der Waals surface area contributed by atoms with E-state index in [9.17, 15) is 14.4 Å². The molecule has 0 bridgehead atoms. The van der Waals surface area contributed by atoms with E-state index in [0.29, 0.717) is 43.2 Å². The lowest BCUT2D eigenvalue weighted by Crippen LogP contribution is -2.53. The summed E-state index contributed by atoms with van der Waals surface area (Å²) in [5, 5.41) is 11.1. The molecule has 2 N–H and O–H groups in total. The standard InChI is InChI=1S/C17H23N3O6/c1-25-13-4-3-12(11-14(13)26-2)16(23)19-7-9-20(10-8-19)17(24)18-6-5-15(21)22/h3-4,11H,5-10H2,1-2H3,(H,18,24)(H,21,22). The molecule has 9 heteroatoms. The molecule has 0 aromatic heterocycles. The molecule has 0 radical (unpaired) electrons. The first-order valence-electron chi connectivity index (χ1n) is 8.22. The fourth-order valence-corrected chi connectivity index (χ4v) is 2.65. The highest BCUT2D eigenvalue weighted by molar-refractivity contribution is 5.95. The van der Waals surface area contributed by atoms with Gasteiger partial charge in [-0.1, -0.05) is 0 Å². The number of nitrogens with zero attached hydrogens (tertiary/aromatic N) is 2. The highest BCUT2D eigenvalue weighted by Gasteiger charge is 2.25. The molecule has 2 rings (SSSR count). The van der Waals surface area contributed by atoms with Crippen molar-refractivity contribution in [3.05, 3.63) is 23.8 Å². The second-order valence-corrected chi connectivity index (χ2v) is 5.72. The first-order valence-corrected chi connectivity index (χ1v) is 8.22. The Morgan fingerprint density at radius 2 is 1.65 bits per heavy atom. The number of amides is 3. The molecule has 1 fully saturated rings. The summed E-state index contributed by atoms with van der Waals surface area (Å²) in [6, 6.07) is 4.67. The van der Waals surface area contributed by atoms with Crippen molar-refractivity contribution in [2.24, 2.45) is 0 Å². The number of benzene rings is 1. The van der Waals surface area contributed by atoms with Crippen LogP contribution in [0.4, 0.5) is 4.79 Å². The lowest BCUT2D eigenvalue weighted by Gasteiger charge is -2.34. The summed E-state index contributed by atoms with van der Waals surface area (Å²) in [7, 11) is 3.04. The van der Waals surface area contributed by atoms with Crippen LogP contribution in [-0.2, 0) is 4.79 Å². The van der Waals surface area contributed by atoms with Gasteiger partial charge in [0.25, 0.3) is 5.91 Å². The number of urea groups is 1. The maximum Gasteiger partial charge on any atom is 0.317 e. The number of carbonyl (C=O) groups excluding carboxylic acids is 2. The number of rotatable bonds is 6. The summed E-state index contributed by atoms with van der Waals surface area (Å²) < 4.78 is 10.4. The molecule has 1 aromatic rings. The summed E-state index contributed by atoms with van der Waals surface area (Å²) in [6.45, 7) is 1.66. The van der Waals surface area contributed by atoms with Gasteiger partial charge in [-0.15, -0.1) is 0 Å². The summed E-state index contributed by atoms with van der Waals surface area (Å²) in [6.07, 6.45) is -0.122. The number of methoxy groups -OCH3 is 2. The number of hydrogen-bond acceptors (Lipinski definition) is 5. The van der Waals surface area contributed by atoms with Crippen LogP contribution in [0.3, 0.4) is 0 Å². The Labute approximate surface area is 151 Å². The van der Waals surface area contributed by atoms with Gasteiger partial charge in [-0.05, 0) is 18.2 Å². The fraction of sp³-hybridized carbons (Fsp3) is 0.471. The third-order valence-corrected chi connectivity index (χ3v) is 4.10. The van der Waals surface area contributed by atoms with Gasteiger partial charge in [0.1, 0.15) is 0 Å². The Hall–Kier alpha value is -2.97. The number of carboxylic acid groups (broad SMARTS) is 1. The van der Waals surface area contributed by atoms with Crippen LogP contribution >= 0.6 is 0 Å². The molecule has 9 nitrogen and oxygen atoms in total. The van der Waals surface area contributed by atoms with Crippen molar-refractivity contribution in [3.63, 3.8) is 0 Å². The smallest absolute Gasteiger partial charge is 0.317 e. The summed E-state index contributed by atoms with van der Waals surface area (Å²) in [4.78, 5) is 38.3. The summed E-state index contributed by atoms with van der Waals surface area (Å²) in [5.41, 5.74) is 0.488. The average molecular weight is 365 g/mol. The molecular weight excluding hydrogens is 342 g/mol. The van der Waals surface area contributed by atoms with Crippen molar-refractivity contribution in [1.82, 2.24) is 15.1 Å². The van der Waals surface area contributed by atoms with E-state index in [0.717, 1.165) is 0 Å². The van der Waals surface area contributed by atoms with Gasteiger partial charge in [0.2, 0.25) is 0 Å². The van der Waals surface area contributed by atoms with E-state index in [1.807, 2.05) is 0 Å². The second kappa shape index (κ2) is 8.93. The maximum absolute atomic E-state index is 12.6. The minimum absolute atomic E-state index is 0.0823. The Kier molecular flexibility index (Phi) is 6.65. The average Bonchev–Trinajstić information content (AvgIpc) is 2.66. The zero-order chi connectivity index (χ0) is 19.1. The number of aliphatic carboxylic acids is 1. The zero-order valence-electron chi connectivity index (χ0n) is 14.9. The molecule has 0 atom stereocenters. The first kappa shape index (κ1) is 19.4. The Bertz CT molecular complexity index is 670. The van der Waals surface area contributed by atoms with E-state index in [1.54, 1.807) is 28.0 Å². The number of hydrogen-bond donors (Lipinski definition) is 2. The molecular formula is C17H23N3O6. The van der Waals surface area contributed by atoms with E-state index < -0.39 is 5.97 Å². The van der Waals surface area contributed by atoms with Crippen LogP contribution in [0, 0.1) is 0 Å². The van der Waals surface area contributed by atoms with Crippen LogP contribution < -0.4 is 14.8 Å². The van der Waals surface area contributed by atoms with Gasteiger partial charge >= 0.3 is 12.0 Å². The molecule has 0 aliphatic carbocycles. The first-order chi connectivity index (χ1) is 12.5. The Morgan fingerprint density at radius 3 is 2.23 bits per heavy atom. The number of nitrogens with one attached hydrogen (secondary N) is 1. The van der Waals surface area contributed by atoms with Gasteiger partial charge in [-0.25, -0.2) is 4.79 Å². The summed E-state index contributed by atoms with van der Waals surface area (Å²) in [5.74, 6) is -0.0748. The molecule has 0 unspecified atom stereocenters. The molecule has 1 aliphatic rings. The minimum atomic E-state index is -0.962. The van der Waals surface area contributed by atoms with Gasteiger partial charge in [0.05, 0.1) is 20.6 Å². The van der Waals surface area contributed by atoms with Crippen LogP contribution in [0.25, 0.3) is 0 Å². The highest BCUT2D eigenvalue weighted by atomic mass is 16.5. The Balaban J connectivity index is 1.90. The number of piperazine rings is 1. The van der Waals surface area contributed by atoms with Crippen molar-refractivity contribution < 1.29 is 29.0 Å². The van der Waals surface area contributed by atoms with Gasteiger partial charge < -0.3 is 29.7 Å². The van der Waals surface area contributed by atoms with E-state index in [-0.39, 0.29) is 24.9 Å². The predicted molar refractivity (Wildman–Crippen MR) is 92.7 cm³/mol. The molecule has 1 heterocycles. The molecule has 1 aliphatic heterocycles. The lowest BCUT2D eigenvalue weighted by atomic mass is 10.1. The van der Waals surface area contributed by atoms with E-state index in [4.69, 9.17) is 14.6 Å². The molecule has 0 spiro atoms. The number of ether oxygens (including phenoxy) is 2. The topological polar surface area (TPSA) is 108 Å². The second-order valence-electron chi connectivity index (χ2n) is 5.72. The summed E-state index contributed by atoms with van der Waals surface area (Å²) >= 11 is 0. The van der Waals surface area contributed by atoms with E-state index >= 15 is 0 Å². The number of carboxylic acids is 1. The van der Waals surface area contributed by atoms with Gasteiger partial charge in [0, 0.05) is 38.3 Å². The largest absolute Gasteiger partial charge is 0.493 e. The van der Waals surface area contributed by atoms with Crippen LogP contribution in [0.5, 0.6) is 11.5 Å². The number of carbonyl (C=O) groups is 3. The van der Waals surface area contributed by atoms with Crippen LogP contribution in [0.1, 0.15) is 16.8 Å². The molecule has 0 saturated carbocycles. The molecule has 26 heavy (non-hydrogen) atoms. The van der Waals surface area contributed by atoms with Crippen molar-refractivity contribution in [3.8, 4) is 11.5 Å². The van der Waals surface area contributed by atoms with Crippen LogP contribution in [0.15, 0.2) is 18.2 Å². The van der Waals surface area contributed by atoms with Gasteiger partial charge in [-0.3, -0.25) is 9.59 Å². The van der Waals surface area contributed by atoms with Crippen LogP contribution in [-0.4, -0.2) is 79.8 Å². The van der Waals surface area contributed by atoms with Gasteiger partial charge in [0.15, 0.2) is 11.5 Å². The van der Waals surface area contributed by atoms with E-state index in [1.165, 1.54) is 14.2 Å². The zero-order valence-corrected chi connectivity index (χ0v) is 14.9. The van der Waals surface area contributed by atoms with Crippen molar-refractivity contribution in [2.45, 2.75) is 6.42 Å². The molecule has 142 valence electrons. The highest BCUT2D eigenvalue weighted by Crippen LogP contribution is 2.28. The quantitative estimate of drug-likeness (QED) is 0.766. The molecule has 1 saturated heterocycles. The Morgan fingerprint density at radius 1 is 1.04 bits per heavy atom. The fourth-order valence-electron chi connectivity index (χ4n) is 2.65. The maximum atomic E-state index is 12.6. The normalized spacial score (nSPS) is 13.9. The lowest BCUT2D eigenvalue weighted by molar-refractivity contribution is -0.136. The van der Waals surface area contributed by atoms with Crippen LogP contribution in [0.2, 0.25) is 0 Å². The minimum Gasteiger partial charge on any atom is -0.493 e. The SMILES string of the molecule is COc1ccc(C(=O)N2CCN(C(=O)NCCC(=O)O)CC2)cc1OC. The van der Waals surface area contributed by atoms with Crippen molar-refractivity contribution in [1.29, 1.82) is 0 Å².